The quantitative estimate of drug-likeness (QED) is 0.310. The second-order valence-electron chi connectivity index (χ2n) is 2.83. The first-order valence-corrected chi connectivity index (χ1v) is 4.29. The molecular formula is C9H13N3O2. The van der Waals surface area contributed by atoms with Crippen LogP contribution in [0.2, 0.25) is 0 Å². The molecular weight excluding hydrogens is 182 g/mol. The third kappa shape index (κ3) is 3.81. The average Bonchev–Trinajstić information content (AvgIpc) is 2.15. The van der Waals surface area contributed by atoms with Gasteiger partial charge in [-0.25, -0.2) is 0 Å². The van der Waals surface area contributed by atoms with Gasteiger partial charge in [-0.1, -0.05) is 6.92 Å². The van der Waals surface area contributed by atoms with Gasteiger partial charge in [-0.3, -0.25) is 9.59 Å². The number of carbonyl (C=O) groups excluding carboxylic acids is 2. The molecule has 14 heavy (non-hydrogen) atoms. The van der Waals surface area contributed by atoms with Crippen LogP contribution in [0.3, 0.4) is 0 Å². The molecule has 5 nitrogen and oxygen atoms in total. The number of amidine groups is 1. The van der Waals surface area contributed by atoms with Crippen LogP contribution < -0.4 is 5.32 Å². The van der Waals surface area contributed by atoms with Crippen LogP contribution in [-0.4, -0.2) is 17.5 Å². The van der Waals surface area contributed by atoms with Crippen molar-refractivity contribution in [3.63, 3.8) is 0 Å². The molecule has 0 spiro atoms. The first kappa shape index (κ1) is 12.3. The zero-order valence-corrected chi connectivity index (χ0v) is 8.50. The average molecular weight is 195 g/mol. The van der Waals surface area contributed by atoms with Crippen molar-refractivity contribution in [1.82, 2.24) is 5.32 Å². The van der Waals surface area contributed by atoms with Gasteiger partial charge in [-0.15, -0.1) is 0 Å². The van der Waals surface area contributed by atoms with Crippen LogP contribution in [0.5, 0.6) is 0 Å². The number of nitrogens with one attached hydrogen (secondary N) is 1. The van der Waals surface area contributed by atoms with Crippen LogP contribution in [0.4, 0.5) is 0 Å². The molecule has 1 N–H and O–H groups in total. The third-order valence-corrected chi connectivity index (χ3v) is 1.79. The van der Waals surface area contributed by atoms with E-state index in [1.807, 2.05) is 0 Å². The number of hydrogen-bond donors (Lipinski definition) is 1. The molecule has 0 aromatic heterocycles. The summed E-state index contributed by atoms with van der Waals surface area (Å²) in [6, 6.07) is 0. The van der Waals surface area contributed by atoms with Gasteiger partial charge in [0.05, 0.1) is 5.92 Å². The molecule has 0 fully saturated rings. The summed E-state index contributed by atoms with van der Waals surface area (Å²) in [7, 11) is 0. The van der Waals surface area contributed by atoms with E-state index in [-0.39, 0.29) is 11.6 Å². The minimum Gasteiger partial charge on any atom is -0.313 e. The van der Waals surface area contributed by atoms with E-state index in [1.165, 1.54) is 13.8 Å². The molecule has 0 radical (unpaired) electrons. The highest BCUT2D eigenvalue weighted by atomic mass is 16.2. The molecule has 0 saturated carbocycles. The summed E-state index contributed by atoms with van der Waals surface area (Å²) in [5.74, 6) is -1.06. The van der Waals surface area contributed by atoms with Crippen molar-refractivity contribution >= 4 is 17.5 Å². The maximum absolute atomic E-state index is 11.3. The Balaban J connectivity index is 4.39. The van der Waals surface area contributed by atoms with E-state index in [0.717, 1.165) is 0 Å². The van der Waals surface area contributed by atoms with E-state index < -0.39 is 11.8 Å². The van der Waals surface area contributed by atoms with Crippen molar-refractivity contribution in [2.75, 3.05) is 0 Å². The summed E-state index contributed by atoms with van der Waals surface area (Å²) in [4.78, 5) is 25.6. The van der Waals surface area contributed by atoms with Gasteiger partial charge in [-0.05, 0) is 13.8 Å². The fraction of sp³-hybridized carbons (Fsp3) is 0.556. The lowest BCUT2D eigenvalue weighted by Crippen LogP contribution is -2.36. The normalized spacial score (nSPS) is 12.9. The van der Waals surface area contributed by atoms with Crippen LogP contribution in [-0.2, 0) is 9.59 Å². The first-order valence-electron chi connectivity index (χ1n) is 4.29. The molecule has 0 aliphatic rings. The molecule has 0 saturated heterocycles. The number of aliphatic imine (C=N–C) groups is 1. The number of rotatable bonds is 3. The standard InChI is InChI=1S/C9H13N3O2/c1-4-8(11-5-10)12-9(14)6(2)7(3)13/h6H,4H2,1-3H3,(H,11,12,14). The topological polar surface area (TPSA) is 82.3 Å². The number of carbonyl (C=O) groups is 2. The van der Waals surface area contributed by atoms with Crippen LogP contribution in [0.15, 0.2) is 4.99 Å². The summed E-state index contributed by atoms with van der Waals surface area (Å²) in [6.45, 7) is 4.61. The number of amides is 1. The van der Waals surface area contributed by atoms with Crippen molar-refractivity contribution in [2.45, 2.75) is 27.2 Å². The zero-order chi connectivity index (χ0) is 11.1. The number of nitrogens with zero attached hydrogens (tertiary/aromatic N) is 2. The zero-order valence-electron chi connectivity index (χ0n) is 8.50. The van der Waals surface area contributed by atoms with E-state index in [1.54, 1.807) is 13.1 Å². The predicted octanol–water partition coefficient (Wildman–Crippen LogP) is 0.617. The van der Waals surface area contributed by atoms with E-state index in [2.05, 4.69) is 10.3 Å². The van der Waals surface area contributed by atoms with Crippen molar-refractivity contribution in [3.8, 4) is 6.19 Å². The Kier molecular flexibility index (Phi) is 5.15. The second-order valence-corrected chi connectivity index (χ2v) is 2.83. The van der Waals surface area contributed by atoms with Gasteiger partial charge in [0.2, 0.25) is 12.1 Å². The van der Waals surface area contributed by atoms with Crippen molar-refractivity contribution in [2.24, 2.45) is 10.9 Å². The Morgan fingerprint density at radius 3 is 2.50 bits per heavy atom. The summed E-state index contributed by atoms with van der Waals surface area (Å²) < 4.78 is 0. The fourth-order valence-electron chi connectivity index (χ4n) is 0.691. The van der Waals surface area contributed by atoms with Gasteiger partial charge in [-0.2, -0.15) is 10.3 Å². The Labute approximate surface area is 82.8 Å². The smallest absolute Gasteiger partial charge is 0.235 e. The molecule has 1 amide bonds. The van der Waals surface area contributed by atoms with Gasteiger partial charge >= 0.3 is 0 Å². The summed E-state index contributed by atoms with van der Waals surface area (Å²) in [5, 5.41) is 10.7. The number of hydrogen-bond acceptors (Lipinski definition) is 4. The molecule has 1 unspecified atom stereocenters. The minimum atomic E-state index is -0.703. The van der Waals surface area contributed by atoms with Gasteiger partial charge in [0.15, 0.2) is 0 Å². The van der Waals surface area contributed by atoms with Crippen LogP contribution in [0, 0.1) is 17.4 Å². The highest BCUT2D eigenvalue weighted by molar-refractivity contribution is 6.07. The maximum Gasteiger partial charge on any atom is 0.235 e. The molecule has 1 atom stereocenters. The molecule has 0 rings (SSSR count). The van der Waals surface area contributed by atoms with Gasteiger partial charge in [0.1, 0.15) is 11.6 Å². The molecule has 76 valence electrons. The lowest BCUT2D eigenvalue weighted by Gasteiger charge is -2.08. The summed E-state index contributed by atoms with van der Waals surface area (Å²) >= 11 is 0. The maximum atomic E-state index is 11.3. The van der Waals surface area contributed by atoms with E-state index >= 15 is 0 Å². The van der Waals surface area contributed by atoms with Gasteiger partial charge in [0.25, 0.3) is 0 Å². The van der Waals surface area contributed by atoms with E-state index in [4.69, 9.17) is 5.26 Å². The number of nitriles is 1. The molecule has 0 aliphatic carbocycles. The predicted molar refractivity (Wildman–Crippen MR) is 51.3 cm³/mol. The highest BCUT2D eigenvalue weighted by Crippen LogP contribution is 1.96. The Hall–Kier alpha value is -1.70. The Morgan fingerprint density at radius 1 is 1.57 bits per heavy atom. The Morgan fingerprint density at radius 2 is 2.14 bits per heavy atom. The first-order chi connectivity index (χ1) is 6.52. The minimum absolute atomic E-state index is 0.213. The third-order valence-electron chi connectivity index (χ3n) is 1.79. The van der Waals surface area contributed by atoms with E-state index in [0.29, 0.717) is 6.42 Å². The van der Waals surface area contributed by atoms with Crippen LogP contribution >= 0.6 is 0 Å². The SMILES string of the molecule is CCC(=NC#N)NC(=O)C(C)C(C)=O. The molecule has 0 aromatic rings. The molecule has 0 bridgehead atoms. The van der Waals surface area contributed by atoms with Crippen LogP contribution in [0.25, 0.3) is 0 Å². The van der Waals surface area contributed by atoms with E-state index in [9.17, 15) is 9.59 Å². The largest absolute Gasteiger partial charge is 0.313 e. The van der Waals surface area contributed by atoms with Crippen molar-refractivity contribution in [3.05, 3.63) is 0 Å². The monoisotopic (exact) mass is 195 g/mol. The molecule has 0 aliphatic heterocycles. The molecule has 0 aromatic carbocycles. The van der Waals surface area contributed by atoms with Crippen LogP contribution in [0.1, 0.15) is 27.2 Å². The molecule has 5 heteroatoms. The fourth-order valence-corrected chi connectivity index (χ4v) is 0.691. The van der Waals surface area contributed by atoms with Crippen molar-refractivity contribution in [1.29, 1.82) is 5.26 Å². The molecule has 0 heterocycles. The number of Topliss-reactive ketones (excluding diaryl/α,β-unsaturated/α-hetero) is 1. The Bertz CT molecular complexity index is 302. The number of ketones is 1. The lowest BCUT2D eigenvalue weighted by atomic mass is 10.1. The summed E-state index contributed by atoms with van der Waals surface area (Å²) in [5.41, 5.74) is 0. The highest BCUT2D eigenvalue weighted by Gasteiger charge is 2.18. The van der Waals surface area contributed by atoms with Gasteiger partial charge < -0.3 is 5.32 Å². The lowest BCUT2D eigenvalue weighted by molar-refractivity contribution is -0.131. The second kappa shape index (κ2) is 5.86. The van der Waals surface area contributed by atoms with Gasteiger partial charge in [0, 0.05) is 6.42 Å². The summed E-state index contributed by atoms with van der Waals surface area (Å²) in [6.07, 6.45) is 2.03. The van der Waals surface area contributed by atoms with Crippen molar-refractivity contribution < 1.29 is 9.59 Å².